The molecular weight excluding hydrogens is 716 g/mol. The van der Waals surface area contributed by atoms with Crippen molar-refractivity contribution in [3.05, 3.63) is 12.7 Å². The van der Waals surface area contributed by atoms with E-state index in [1.807, 2.05) is 46.7 Å². The number of aliphatic hydroxyl groups is 4. The number of carbonyl (C=O) groups is 1. The van der Waals surface area contributed by atoms with Crippen LogP contribution in [-0.4, -0.2) is 154 Å². The number of aliphatic hydroxyl groups excluding tert-OH is 3. The first kappa shape index (κ1) is 47.6. The summed E-state index contributed by atoms with van der Waals surface area (Å²) in [6, 6.07) is -0.299. The number of hydrogen-bond acceptors (Lipinski definition) is 15. The van der Waals surface area contributed by atoms with Gasteiger partial charge in [0.2, 0.25) is 0 Å². The fourth-order valence-electron chi connectivity index (χ4n) is 8.98. The highest BCUT2D eigenvalue weighted by Crippen LogP contribution is 2.42. The lowest BCUT2D eigenvalue weighted by Crippen LogP contribution is -2.61. The van der Waals surface area contributed by atoms with Crippen molar-refractivity contribution >= 4 is 11.7 Å². The van der Waals surface area contributed by atoms with Crippen LogP contribution in [0.1, 0.15) is 94.9 Å². The van der Waals surface area contributed by atoms with Crippen molar-refractivity contribution in [1.29, 1.82) is 0 Å². The maximum Gasteiger partial charge on any atom is 0.311 e. The first-order valence-electron chi connectivity index (χ1n) is 19.8. The van der Waals surface area contributed by atoms with E-state index >= 15 is 0 Å². The first-order chi connectivity index (χ1) is 25.5. The van der Waals surface area contributed by atoms with E-state index in [-0.39, 0.29) is 43.7 Å². The van der Waals surface area contributed by atoms with E-state index < -0.39 is 102 Å². The monoisotopic (exact) mass is 789 g/mol. The molecule has 0 aliphatic carbocycles. The van der Waals surface area contributed by atoms with Gasteiger partial charge >= 0.3 is 5.97 Å². The third kappa shape index (κ3) is 10.5. The molecule has 0 bridgehead atoms. The largest absolute Gasteiger partial charge is 0.459 e. The summed E-state index contributed by atoms with van der Waals surface area (Å²) >= 11 is 0. The maximum absolute atomic E-state index is 14.3. The highest BCUT2D eigenvalue weighted by atomic mass is 16.7. The van der Waals surface area contributed by atoms with Crippen molar-refractivity contribution in [1.82, 2.24) is 4.90 Å². The van der Waals surface area contributed by atoms with Gasteiger partial charge in [0.25, 0.3) is 0 Å². The average molecular weight is 789 g/mol. The van der Waals surface area contributed by atoms with Crippen molar-refractivity contribution in [2.45, 2.75) is 179 Å². The molecule has 0 unspecified atom stereocenters. The third-order valence-corrected chi connectivity index (χ3v) is 12.5. The molecule has 0 aromatic carbocycles. The SMILES string of the molecule is C=CCO[C@]1(C)C[C@@H](C)/C(=N/O)[C@H](C)[C@@H](O)[C@](C)(O)[C@@H](CC)OC(=O)[C@H](C)[C@@H](O[C@H]2C[C@@](C)(OC)[C@@H](O)[C@H](C)O2)[C@H](C)[C@H]1O[C@@H]1O[C@H](C)C[C@H](N(C)C)[C@H]1O. The number of hydrogen-bond donors (Lipinski definition) is 5. The molecule has 55 heavy (non-hydrogen) atoms. The molecule has 3 aliphatic heterocycles. The lowest BCUT2D eigenvalue weighted by molar-refractivity contribution is -0.320. The van der Waals surface area contributed by atoms with Crippen LogP contribution in [0.4, 0.5) is 0 Å². The van der Waals surface area contributed by atoms with Crippen LogP contribution in [0.25, 0.3) is 0 Å². The molecule has 0 saturated carbocycles. The summed E-state index contributed by atoms with van der Waals surface area (Å²) in [6.45, 7) is 21.3. The van der Waals surface area contributed by atoms with E-state index in [0.717, 1.165) is 0 Å². The van der Waals surface area contributed by atoms with Crippen LogP contribution in [0.3, 0.4) is 0 Å². The Morgan fingerprint density at radius 3 is 2.15 bits per heavy atom. The number of methoxy groups -OCH3 is 1. The standard InChI is InChI=1S/C40H72N2O13/c1-15-17-50-39(10)19-21(3)30(41-48)23(5)33(44)40(11,47)28(16-2)53-36(46)25(7)32(54-29-20-38(9,49-14)34(45)26(8)52-29)24(6)35(39)55-37-31(43)27(42(12)13)18-22(4)51-37/h15,21-29,31-35,37,43-45,47-48H,1,16-20H2,2-14H3/b41-30-/t21-,22-,23+,24+,25-,26+,27+,28-,29+,31-,32+,33-,34+,35-,37+,38-,39-,40-/m1/s1. The van der Waals surface area contributed by atoms with Gasteiger partial charge in [-0.05, 0) is 74.9 Å². The van der Waals surface area contributed by atoms with Gasteiger partial charge in [0.1, 0.15) is 23.9 Å². The second kappa shape index (κ2) is 19.3. The van der Waals surface area contributed by atoms with Crippen LogP contribution in [-0.2, 0) is 38.0 Å². The summed E-state index contributed by atoms with van der Waals surface area (Å²) in [7, 11) is 5.26. The molecule has 3 heterocycles. The average Bonchev–Trinajstić information content (AvgIpc) is 3.12. The molecule has 0 radical (unpaired) electrons. The molecule has 320 valence electrons. The van der Waals surface area contributed by atoms with Crippen molar-refractivity contribution in [3.8, 4) is 0 Å². The number of esters is 1. The van der Waals surface area contributed by atoms with Gasteiger partial charge in [-0.15, -0.1) is 6.58 Å². The zero-order chi connectivity index (χ0) is 41.8. The fraction of sp³-hybridized carbons (Fsp3) is 0.900. The molecule has 3 fully saturated rings. The van der Waals surface area contributed by atoms with Crippen molar-refractivity contribution in [3.63, 3.8) is 0 Å². The van der Waals surface area contributed by atoms with Gasteiger partial charge in [-0.2, -0.15) is 0 Å². The number of likely N-dealkylation sites (N-methyl/N-ethyl adjacent to an activating group) is 1. The van der Waals surface area contributed by atoms with Gasteiger partial charge in [-0.3, -0.25) is 4.79 Å². The van der Waals surface area contributed by atoms with Crippen LogP contribution < -0.4 is 0 Å². The molecule has 3 aliphatic rings. The maximum atomic E-state index is 14.3. The summed E-state index contributed by atoms with van der Waals surface area (Å²) in [5, 5.41) is 60.2. The lowest BCUT2D eigenvalue weighted by Gasteiger charge is -2.50. The molecule has 15 nitrogen and oxygen atoms in total. The Balaban J connectivity index is 2.30. The van der Waals surface area contributed by atoms with Crippen LogP contribution in [0.5, 0.6) is 0 Å². The second-order valence-electron chi connectivity index (χ2n) is 17.1. The number of oxime groups is 1. The second-order valence-corrected chi connectivity index (χ2v) is 17.1. The van der Waals surface area contributed by atoms with E-state index in [2.05, 4.69) is 11.7 Å². The summed E-state index contributed by atoms with van der Waals surface area (Å²) in [4.78, 5) is 16.2. The highest BCUT2D eigenvalue weighted by molar-refractivity contribution is 5.88. The molecule has 0 aromatic rings. The van der Waals surface area contributed by atoms with Gasteiger partial charge in [0, 0.05) is 37.3 Å². The zero-order valence-corrected chi connectivity index (χ0v) is 35.4. The minimum absolute atomic E-state index is 0.0771. The molecule has 0 amide bonds. The summed E-state index contributed by atoms with van der Waals surface area (Å²) in [6.07, 6.45) is -7.20. The Kier molecular flexibility index (Phi) is 16.7. The van der Waals surface area contributed by atoms with E-state index in [1.54, 1.807) is 40.7 Å². The Bertz CT molecular complexity index is 1290. The molecule has 15 heteroatoms. The molecule has 0 spiro atoms. The van der Waals surface area contributed by atoms with Crippen molar-refractivity contribution in [2.75, 3.05) is 27.8 Å². The Morgan fingerprint density at radius 2 is 1.60 bits per heavy atom. The number of cyclic esters (lactones) is 1. The van der Waals surface area contributed by atoms with Crippen LogP contribution in [0.15, 0.2) is 17.8 Å². The van der Waals surface area contributed by atoms with Crippen LogP contribution in [0, 0.1) is 23.7 Å². The number of rotatable bonds is 10. The first-order valence-corrected chi connectivity index (χ1v) is 19.8. The third-order valence-electron chi connectivity index (χ3n) is 12.5. The smallest absolute Gasteiger partial charge is 0.311 e. The number of carbonyl (C=O) groups excluding carboxylic acids is 1. The lowest BCUT2D eigenvalue weighted by atomic mass is 9.73. The highest BCUT2D eigenvalue weighted by Gasteiger charge is 2.54. The normalized spacial score (nSPS) is 47.6. The predicted molar refractivity (Wildman–Crippen MR) is 204 cm³/mol. The molecule has 18 atom stereocenters. The predicted octanol–water partition coefficient (Wildman–Crippen LogP) is 3.26. The van der Waals surface area contributed by atoms with Crippen LogP contribution in [0.2, 0.25) is 0 Å². The van der Waals surface area contributed by atoms with Gasteiger partial charge < -0.3 is 63.7 Å². The number of ether oxygens (including phenoxy) is 7. The van der Waals surface area contributed by atoms with Gasteiger partial charge in [-0.1, -0.05) is 38.9 Å². The molecular formula is C40H72N2O13. The number of nitrogens with zero attached hydrogens (tertiary/aromatic N) is 2. The molecule has 5 N–H and O–H groups in total. The quantitative estimate of drug-likeness (QED) is 0.0936. The minimum Gasteiger partial charge on any atom is -0.459 e. The summed E-state index contributed by atoms with van der Waals surface area (Å²) in [5.41, 5.74) is -4.09. The van der Waals surface area contributed by atoms with E-state index in [4.69, 9.17) is 33.2 Å². The van der Waals surface area contributed by atoms with Crippen molar-refractivity contribution < 1.29 is 63.6 Å². The van der Waals surface area contributed by atoms with Gasteiger partial charge in [0.05, 0.1) is 60.0 Å². The molecule has 3 saturated heterocycles. The van der Waals surface area contributed by atoms with E-state index in [9.17, 15) is 30.4 Å². The van der Waals surface area contributed by atoms with Gasteiger partial charge in [-0.25, -0.2) is 0 Å². The van der Waals surface area contributed by atoms with Gasteiger partial charge in [0.15, 0.2) is 12.6 Å². The molecule has 3 rings (SSSR count). The fourth-order valence-corrected chi connectivity index (χ4v) is 8.98. The minimum atomic E-state index is -1.95. The van der Waals surface area contributed by atoms with Crippen LogP contribution >= 0.6 is 0 Å². The Hall–Kier alpha value is -1.76. The summed E-state index contributed by atoms with van der Waals surface area (Å²) < 4.78 is 44.6. The van der Waals surface area contributed by atoms with E-state index in [1.165, 1.54) is 14.0 Å². The van der Waals surface area contributed by atoms with E-state index in [0.29, 0.717) is 6.42 Å². The molecule has 0 aromatic heterocycles. The Morgan fingerprint density at radius 1 is 0.964 bits per heavy atom. The van der Waals surface area contributed by atoms with Crippen molar-refractivity contribution in [2.24, 2.45) is 28.8 Å². The zero-order valence-electron chi connectivity index (χ0n) is 35.4. The Labute approximate surface area is 328 Å². The topological polar surface area (TPSA) is 198 Å². The summed E-state index contributed by atoms with van der Waals surface area (Å²) in [5.74, 6) is -3.94.